The van der Waals surface area contributed by atoms with Gasteiger partial charge in [-0.15, -0.1) is 0 Å². The highest BCUT2D eigenvalue weighted by atomic mass is 16.2. The third kappa shape index (κ3) is 3.11. The Morgan fingerprint density at radius 2 is 2.21 bits per heavy atom. The molecule has 1 aliphatic heterocycles. The van der Waals surface area contributed by atoms with Crippen molar-refractivity contribution >= 4 is 5.91 Å². The molecule has 3 atom stereocenters. The van der Waals surface area contributed by atoms with Crippen LogP contribution in [0.4, 0.5) is 0 Å². The topological polar surface area (TPSA) is 58.4 Å². The summed E-state index contributed by atoms with van der Waals surface area (Å²) in [5.74, 6) is 0.771. The molecule has 2 aliphatic rings. The molecule has 2 rings (SSSR count). The van der Waals surface area contributed by atoms with E-state index in [4.69, 9.17) is 5.73 Å². The number of hydrogen-bond acceptors (Lipinski definition) is 3. The number of amides is 1. The van der Waals surface area contributed by atoms with Crippen molar-refractivity contribution in [1.29, 1.82) is 0 Å². The largest absolute Gasteiger partial charge is 0.355 e. The Morgan fingerprint density at radius 1 is 1.47 bits per heavy atom. The second kappa shape index (κ2) is 5.80. The SMILES string of the molecule is CC(C)N1CCC(CNC(=O)C2(C)CCCC2N)C1. The first kappa shape index (κ1) is 14.8. The Balaban J connectivity index is 1.78. The maximum atomic E-state index is 12.3. The van der Waals surface area contributed by atoms with Crippen molar-refractivity contribution in [2.75, 3.05) is 19.6 Å². The van der Waals surface area contributed by atoms with E-state index in [0.29, 0.717) is 12.0 Å². The zero-order valence-electron chi connectivity index (χ0n) is 12.6. The summed E-state index contributed by atoms with van der Waals surface area (Å²) in [7, 11) is 0. The molecule has 3 N–H and O–H groups in total. The molecule has 110 valence electrons. The fourth-order valence-corrected chi connectivity index (χ4v) is 3.41. The summed E-state index contributed by atoms with van der Waals surface area (Å²) in [5.41, 5.74) is 5.75. The number of nitrogens with zero attached hydrogens (tertiary/aromatic N) is 1. The van der Waals surface area contributed by atoms with Gasteiger partial charge in [0, 0.05) is 25.2 Å². The summed E-state index contributed by atoms with van der Waals surface area (Å²) >= 11 is 0. The van der Waals surface area contributed by atoms with Crippen molar-refractivity contribution in [2.24, 2.45) is 17.1 Å². The molecule has 0 spiro atoms. The zero-order chi connectivity index (χ0) is 14.0. The molecule has 0 aromatic carbocycles. The zero-order valence-corrected chi connectivity index (χ0v) is 12.6. The molecule has 2 fully saturated rings. The number of nitrogens with one attached hydrogen (secondary N) is 1. The van der Waals surface area contributed by atoms with E-state index in [1.54, 1.807) is 0 Å². The van der Waals surface area contributed by atoms with E-state index < -0.39 is 0 Å². The van der Waals surface area contributed by atoms with Crippen molar-refractivity contribution < 1.29 is 4.79 Å². The van der Waals surface area contributed by atoms with Gasteiger partial charge in [-0.05, 0) is 52.5 Å². The van der Waals surface area contributed by atoms with Crippen molar-refractivity contribution in [3.05, 3.63) is 0 Å². The van der Waals surface area contributed by atoms with Gasteiger partial charge in [-0.3, -0.25) is 4.79 Å². The van der Waals surface area contributed by atoms with E-state index in [1.807, 2.05) is 6.92 Å². The van der Waals surface area contributed by atoms with E-state index in [1.165, 1.54) is 6.42 Å². The van der Waals surface area contributed by atoms with Gasteiger partial charge in [-0.2, -0.15) is 0 Å². The van der Waals surface area contributed by atoms with Gasteiger partial charge in [-0.1, -0.05) is 6.42 Å². The first-order valence-corrected chi connectivity index (χ1v) is 7.71. The van der Waals surface area contributed by atoms with Crippen molar-refractivity contribution in [2.45, 2.75) is 58.5 Å². The van der Waals surface area contributed by atoms with Crippen LogP contribution in [0.1, 0.15) is 46.5 Å². The van der Waals surface area contributed by atoms with Gasteiger partial charge in [0.25, 0.3) is 0 Å². The summed E-state index contributed by atoms with van der Waals surface area (Å²) < 4.78 is 0. The number of likely N-dealkylation sites (tertiary alicyclic amines) is 1. The number of carbonyl (C=O) groups is 1. The van der Waals surface area contributed by atoms with E-state index in [9.17, 15) is 4.79 Å². The molecule has 0 bridgehead atoms. The summed E-state index contributed by atoms with van der Waals surface area (Å²) in [6.07, 6.45) is 4.19. The molecule has 4 nitrogen and oxygen atoms in total. The van der Waals surface area contributed by atoms with Crippen LogP contribution in [0.25, 0.3) is 0 Å². The Morgan fingerprint density at radius 3 is 2.74 bits per heavy atom. The van der Waals surface area contributed by atoms with Gasteiger partial charge in [-0.25, -0.2) is 0 Å². The lowest BCUT2D eigenvalue weighted by Gasteiger charge is -2.28. The van der Waals surface area contributed by atoms with Crippen LogP contribution >= 0.6 is 0 Å². The van der Waals surface area contributed by atoms with Crippen LogP contribution in [0.5, 0.6) is 0 Å². The minimum Gasteiger partial charge on any atom is -0.355 e. The average Bonchev–Trinajstić information content (AvgIpc) is 2.95. The molecule has 19 heavy (non-hydrogen) atoms. The van der Waals surface area contributed by atoms with Gasteiger partial charge in [0.2, 0.25) is 5.91 Å². The summed E-state index contributed by atoms with van der Waals surface area (Å²) in [5, 5.41) is 3.15. The van der Waals surface area contributed by atoms with Gasteiger partial charge in [0.05, 0.1) is 5.41 Å². The number of rotatable bonds is 4. The Hall–Kier alpha value is -0.610. The molecule has 4 heteroatoms. The quantitative estimate of drug-likeness (QED) is 0.808. The van der Waals surface area contributed by atoms with Crippen LogP contribution in [-0.4, -0.2) is 42.5 Å². The molecular formula is C15H29N3O. The highest BCUT2D eigenvalue weighted by Crippen LogP contribution is 2.36. The predicted octanol–water partition coefficient (Wildman–Crippen LogP) is 1.35. The van der Waals surface area contributed by atoms with Crippen LogP contribution in [0, 0.1) is 11.3 Å². The van der Waals surface area contributed by atoms with Crippen LogP contribution in [0.3, 0.4) is 0 Å². The van der Waals surface area contributed by atoms with E-state index in [-0.39, 0.29) is 17.4 Å². The molecule has 1 saturated carbocycles. The van der Waals surface area contributed by atoms with E-state index >= 15 is 0 Å². The molecule has 1 aliphatic carbocycles. The van der Waals surface area contributed by atoms with Crippen molar-refractivity contribution in [3.63, 3.8) is 0 Å². The standard InChI is InChI=1S/C15H29N3O/c1-11(2)18-8-6-12(10-18)9-17-14(19)15(3)7-4-5-13(15)16/h11-13H,4-10,16H2,1-3H3,(H,17,19). The summed E-state index contributed by atoms with van der Waals surface area (Å²) in [6, 6.07) is 0.643. The number of carbonyl (C=O) groups excluding carboxylic acids is 1. The van der Waals surface area contributed by atoms with E-state index in [2.05, 4.69) is 24.1 Å². The minimum absolute atomic E-state index is 0.0308. The van der Waals surface area contributed by atoms with Gasteiger partial charge in [0.1, 0.15) is 0 Å². The van der Waals surface area contributed by atoms with Crippen molar-refractivity contribution in [1.82, 2.24) is 10.2 Å². The molecular weight excluding hydrogens is 238 g/mol. The lowest BCUT2D eigenvalue weighted by Crippen LogP contribution is -2.48. The molecule has 3 unspecified atom stereocenters. The van der Waals surface area contributed by atoms with Gasteiger partial charge >= 0.3 is 0 Å². The minimum atomic E-state index is -0.337. The Labute approximate surface area is 117 Å². The van der Waals surface area contributed by atoms with Crippen LogP contribution < -0.4 is 11.1 Å². The molecule has 0 radical (unpaired) electrons. The fraction of sp³-hybridized carbons (Fsp3) is 0.933. The molecule has 1 saturated heterocycles. The highest BCUT2D eigenvalue weighted by Gasteiger charge is 2.43. The molecule has 0 aromatic heterocycles. The Kier molecular flexibility index (Phi) is 4.51. The maximum Gasteiger partial charge on any atom is 0.227 e. The molecule has 1 amide bonds. The predicted molar refractivity (Wildman–Crippen MR) is 77.8 cm³/mol. The maximum absolute atomic E-state index is 12.3. The first-order valence-electron chi connectivity index (χ1n) is 7.71. The monoisotopic (exact) mass is 267 g/mol. The van der Waals surface area contributed by atoms with Crippen LogP contribution in [-0.2, 0) is 4.79 Å². The molecule has 0 aromatic rings. The third-order valence-electron chi connectivity index (χ3n) is 5.15. The smallest absolute Gasteiger partial charge is 0.227 e. The van der Waals surface area contributed by atoms with Gasteiger partial charge in [0.15, 0.2) is 0 Å². The second-order valence-corrected chi connectivity index (χ2v) is 6.87. The van der Waals surface area contributed by atoms with E-state index in [0.717, 1.165) is 38.9 Å². The number of nitrogens with two attached hydrogens (primary N) is 1. The normalized spacial score (nSPS) is 36.1. The third-order valence-corrected chi connectivity index (χ3v) is 5.15. The first-order chi connectivity index (χ1) is 8.93. The highest BCUT2D eigenvalue weighted by molar-refractivity contribution is 5.83. The average molecular weight is 267 g/mol. The second-order valence-electron chi connectivity index (χ2n) is 6.87. The lowest BCUT2D eigenvalue weighted by atomic mass is 9.84. The van der Waals surface area contributed by atoms with Crippen LogP contribution in [0.2, 0.25) is 0 Å². The lowest BCUT2D eigenvalue weighted by molar-refractivity contribution is -0.130. The Bertz CT molecular complexity index is 331. The summed E-state index contributed by atoms with van der Waals surface area (Å²) in [4.78, 5) is 14.8. The fourth-order valence-electron chi connectivity index (χ4n) is 3.41. The van der Waals surface area contributed by atoms with Crippen molar-refractivity contribution in [3.8, 4) is 0 Å². The molecule has 1 heterocycles. The number of hydrogen-bond donors (Lipinski definition) is 2. The van der Waals surface area contributed by atoms with Crippen LogP contribution in [0.15, 0.2) is 0 Å². The van der Waals surface area contributed by atoms with Gasteiger partial charge < -0.3 is 16.0 Å². The summed E-state index contributed by atoms with van der Waals surface area (Å²) in [6.45, 7) is 9.58.